The second-order valence-corrected chi connectivity index (χ2v) is 10.6. The van der Waals surface area contributed by atoms with E-state index in [9.17, 15) is 4.79 Å². The lowest BCUT2D eigenvalue weighted by molar-refractivity contribution is -0.115. The summed E-state index contributed by atoms with van der Waals surface area (Å²) in [5.74, 6) is 2.07. The molecular weight excluding hydrogens is 440 g/mol. The molecule has 7 heteroatoms. The van der Waals surface area contributed by atoms with Gasteiger partial charge in [0.15, 0.2) is 11.5 Å². The molecule has 162 valence electrons. The van der Waals surface area contributed by atoms with Crippen LogP contribution in [0, 0.1) is 5.92 Å². The van der Waals surface area contributed by atoms with E-state index in [1.165, 1.54) is 21.6 Å². The summed E-state index contributed by atoms with van der Waals surface area (Å²) < 4.78 is 12.0. The average Bonchev–Trinajstić information content (AvgIpc) is 3.48. The number of ether oxygens (including phenoxy) is 2. The van der Waals surface area contributed by atoms with Crippen LogP contribution >= 0.6 is 22.7 Å². The Kier molecular flexibility index (Phi) is 4.88. The molecule has 0 unspecified atom stereocenters. The van der Waals surface area contributed by atoms with Gasteiger partial charge in [-0.05, 0) is 60.6 Å². The fourth-order valence-corrected chi connectivity index (χ4v) is 6.99. The Labute approximate surface area is 194 Å². The molecule has 2 aromatic carbocycles. The molecule has 1 atom stereocenters. The van der Waals surface area contributed by atoms with Crippen molar-refractivity contribution in [2.45, 2.75) is 32.6 Å². The minimum absolute atomic E-state index is 0.0297. The van der Waals surface area contributed by atoms with Crippen molar-refractivity contribution in [2.75, 3.05) is 12.1 Å². The molecule has 1 aliphatic heterocycles. The van der Waals surface area contributed by atoms with Crippen molar-refractivity contribution in [2.24, 2.45) is 5.92 Å². The quantitative estimate of drug-likeness (QED) is 0.400. The first-order valence-corrected chi connectivity index (χ1v) is 12.5. The number of para-hydroxylation sites is 1. The molecule has 0 saturated carbocycles. The van der Waals surface area contributed by atoms with Gasteiger partial charge in [-0.3, -0.25) is 4.79 Å². The fraction of sp³-hybridized carbons (Fsp3) is 0.280. The van der Waals surface area contributed by atoms with Gasteiger partial charge in [-0.25, -0.2) is 4.98 Å². The highest BCUT2D eigenvalue weighted by molar-refractivity contribution is 7.22. The predicted molar refractivity (Wildman–Crippen MR) is 129 cm³/mol. The standard InChI is InChI=1S/C25H22N2O3S2/c1-14-6-8-16-21(10-14)32-25(23(16)24-26-17-4-2-3-5-20(17)31-24)27-22(28)12-15-7-9-18-19(11-15)30-13-29-18/h2-5,7,9,11,14H,6,8,10,12-13H2,1H3,(H,27,28)/t14-/m1/s1. The van der Waals surface area contributed by atoms with Gasteiger partial charge in [-0.15, -0.1) is 22.7 Å². The molecule has 0 radical (unpaired) electrons. The maximum absolute atomic E-state index is 13.0. The van der Waals surface area contributed by atoms with Gasteiger partial charge in [0.05, 0.1) is 16.6 Å². The second-order valence-electron chi connectivity index (χ2n) is 8.46. The number of hydrogen-bond acceptors (Lipinski definition) is 6. The first kappa shape index (κ1) is 19.8. The number of hydrogen-bond donors (Lipinski definition) is 1. The number of benzene rings is 2. The van der Waals surface area contributed by atoms with E-state index in [4.69, 9.17) is 14.5 Å². The molecular formula is C25H22N2O3S2. The van der Waals surface area contributed by atoms with Crippen LogP contribution < -0.4 is 14.8 Å². The Balaban J connectivity index is 1.33. The largest absolute Gasteiger partial charge is 0.454 e. The van der Waals surface area contributed by atoms with Crippen LogP contribution in [-0.4, -0.2) is 17.7 Å². The lowest BCUT2D eigenvalue weighted by Gasteiger charge is -2.18. The molecule has 0 saturated heterocycles. The number of fused-ring (bicyclic) bond motifs is 3. The summed E-state index contributed by atoms with van der Waals surface area (Å²) in [5, 5.41) is 5.14. The first-order valence-electron chi connectivity index (χ1n) is 10.8. The molecule has 4 aromatic rings. The van der Waals surface area contributed by atoms with Gasteiger partial charge in [-0.2, -0.15) is 0 Å². The number of amides is 1. The van der Waals surface area contributed by atoms with E-state index in [-0.39, 0.29) is 19.1 Å². The molecule has 1 amide bonds. The highest BCUT2D eigenvalue weighted by atomic mass is 32.1. The van der Waals surface area contributed by atoms with Crippen molar-refractivity contribution in [3.63, 3.8) is 0 Å². The number of nitrogens with one attached hydrogen (secondary N) is 1. The van der Waals surface area contributed by atoms with E-state index < -0.39 is 0 Å². The first-order chi connectivity index (χ1) is 15.6. The fourth-order valence-electron chi connectivity index (χ4n) is 4.45. The molecule has 2 aliphatic rings. The molecule has 3 heterocycles. The Morgan fingerprint density at radius 2 is 2.03 bits per heavy atom. The summed E-state index contributed by atoms with van der Waals surface area (Å²) >= 11 is 3.42. The number of aromatic nitrogens is 1. The SMILES string of the molecule is C[C@@H]1CCc2c(sc(NC(=O)Cc3ccc4c(c3)OCO4)c2-c2nc3ccccc3s2)C1. The Morgan fingerprint density at radius 3 is 2.94 bits per heavy atom. The molecule has 5 nitrogen and oxygen atoms in total. The van der Waals surface area contributed by atoms with Gasteiger partial charge < -0.3 is 14.8 Å². The van der Waals surface area contributed by atoms with E-state index in [0.717, 1.165) is 45.2 Å². The summed E-state index contributed by atoms with van der Waals surface area (Å²) in [6.07, 6.45) is 3.56. The summed E-state index contributed by atoms with van der Waals surface area (Å²) in [6, 6.07) is 13.9. The molecule has 0 fully saturated rings. The number of carbonyl (C=O) groups excluding carboxylic acids is 1. The second kappa shape index (κ2) is 7.90. The molecule has 0 spiro atoms. The van der Waals surface area contributed by atoms with E-state index in [1.54, 1.807) is 22.7 Å². The van der Waals surface area contributed by atoms with Gasteiger partial charge >= 0.3 is 0 Å². The van der Waals surface area contributed by atoms with Crippen molar-refractivity contribution in [1.29, 1.82) is 0 Å². The normalized spacial score (nSPS) is 16.8. The smallest absolute Gasteiger partial charge is 0.231 e. The van der Waals surface area contributed by atoms with Crippen LogP contribution in [0.5, 0.6) is 11.5 Å². The van der Waals surface area contributed by atoms with Gasteiger partial charge in [0.1, 0.15) is 10.0 Å². The summed E-state index contributed by atoms with van der Waals surface area (Å²) in [7, 11) is 0. The topological polar surface area (TPSA) is 60.5 Å². The van der Waals surface area contributed by atoms with Crippen LogP contribution in [0.4, 0.5) is 5.00 Å². The van der Waals surface area contributed by atoms with Crippen molar-refractivity contribution >= 4 is 43.8 Å². The zero-order chi connectivity index (χ0) is 21.7. The highest BCUT2D eigenvalue weighted by Crippen LogP contribution is 2.47. The van der Waals surface area contributed by atoms with Crippen LogP contribution in [0.25, 0.3) is 20.8 Å². The van der Waals surface area contributed by atoms with E-state index >= 15 is 0 Å². The molecule has 6 rings (SSSR count). The minimum atomic E-state index is -0.0297. The molecule has 1 aliphatic carbocycles. The van der Waals surface area contributed by atoms with Crippen molar-refractivity contribution in [3.05, 3.63) is 58.5 Å². The summed E-state index contributed by atoms with van der Waals surface area (Å²) in [6.45, 7) is 2.54. The number of carbonyl (C=O) groups is 1. The van der Waals surface area contributed by atoms with Gasteiger partial charge in [0.2, 0.25) is 12.7 Å². The van der Waals surface area contributed by atoms with Crippen LogP contribution in [-0.2, 0) is 24.1 Å². The van der Waals surface area contributed by atoms with E-state index in [1.807, 2.05) is 36.4 Å². The van der Waals surface area contributed by atoms with Crippen LogP contribution in [0.1, 0.15) is 29.3 Å². The molecule has 0 bridgehead atoms. The van der Waals surface area contributed by atoms with E-state index in [0.29, 0.717) is 11.7 Å². The maximum atomic E-state index is 13.0. The molecule has 2 aromatic heterocycles. The third kappa shape index (κ3) is 3.55. The van der Waals surface area contributed by atoms with Crippen LogP contribution in [0.3, 0.4) is 0 Å². The number of rotatable bonds is 4. The summed E-state index contributed by atoms with van der Waals surface area (Å²) in [5.41, 5.74) is 4.40. The minimum Gasteiger partial charge on any atom is -0.454 e. The van der Waals surface area contributed by atoms with Gasteiger partial charge in [-0.1, -0.05) is 25.1 Å². The zero-order valence-electron chi connectivity index (χ0n) is 17.6. The highest BCUT2D eigenvalue weighted by Gasteiger charge is 2.27. The maximum Gasteiger partial charge on any atom is 0.231 e. The Morgan fingerprint density at radius 1 is 1.16 bits per heavy atom. The molecule has 1 N–H and O–H groups in total. The summed E-state index contributed by atoms with van der Waals surface area (Å²) in [4.78, 5) is 19.3. The van der Waals surface area contributed by atoms with Gasteiger partial charge in [0.25, 0.3) is 0 Å². The number of nitrogens with zero attached hydrogens (tertiary/aromatic N) is 1. The number of thiophene rings is 1. The lowest BCUT2D eigenvalue weighted by atomic mass is 9.88. The predicted octanol–water partition coefficient (Wildman–Crippen LogP) is 6.06. The van der Waals surface area contributed by atoms with Crippen molar-refractivity contribution in [1.82, 2.24) is 4.98 Å². The van der Waals surface area contributed by atoms with Crippen molar-refractivity contribution < 1.29 is 14.3 Å². The average molecular weight is 463 g/mol. The third-order valence-electron chi connectivity index (χ3n) is 6.07. The lowest BCUT2D eigenvalue weighted by Crippen LogP contribution is -2.14. The van der Waals surface area contributed by atoms with Gasteiger partial charge in [0, 0.05) is 10.4 Å². The Hall–Kier alpha value is -2.90. The number of anilines is 1. The van der Waals surface area contributed by atoms with Crippen LogP contribution in [0.2, 0.25) is 0 Å². The van der Waals surface area contributed by atoms with Crippen LogP contribution in [0.15, 0.2) is 42.5 Å². The molecule has 32 heavy (non-hydrogen) atoms. The van der Waals surface area contributed by atoms with Crippen molar-refractivity contribution in [3.8, 4) is 22.1 Å². The Bertz CT molecular complexity index is 1310. The third-order valence-corrected chi connectivity index (χ3v) is 8.30. The van der Waals surface area contributed by atoms with E-state index in [2.05, 4.69) is 18.3 Å². The zero-order valence-corrected chi connectivity index (χ0v) is 19.3. The monoisotopic (exact) mass is 462 g/mol. The number of thiazole rings is 1.